The first-order valence-electron chi connectivity index (χ1n) is 7.77. The zero-order valence-corrected chi connectivity index (χ0v) is 13.0. The maximum absolute atomic E-state index is 11.4. The van der Waals surface area contributed by atoms with Gasteiger partial charge in [0.05, 0.1) is 0 Å². The largest absolute Gasteiger partial charge is 0.326 e. The third-order valence-electron chi connectivity index (χ3n) is 4.78. The molecule has 0 aromatic carbocycles. The van der Waals surface area contributed by atoms with Crippen LogP contribution in [0.15, 0.2) is 16.9 Å². The van der Waals surface area contributed by atoms with E-state index in [4.69, 9.17) is 0 Å². The van der Waals surface area contributed by atoms with Gasteiger partial charge in [-0.2, -0.15) is 11.8 Å². The summed E-state index contributed by atoms with van der Waals surface area (Å²) in [4.78, 5) is 14.4. The highest BCUT2D eigenvalue weighted by Crippen LogP contribution is 2.32. The van der Waals surface area contributed by atoms with Gasteiger partial charge in [-0.1, -0.05) is 6.07 Å². The summed E-state index contributed by atoms with van der Waals surface area (Å²) >= 11 is 2.02. The fourth-order valence-electron chi connectivity index (χ4n) is 3.62. The van der Waals surface area contributed by atoms with Gasteiger partial charge in [0.15, 0.2) is 0 Å². The number of aromatic nitrogens is 1. The van der Waals surface area contributed by atoms with Crippen molar-refractivity contribution in [3.63, 3.8) is 0 Å². The molecule has 1 atom stereocenters. The molecule has 0 spiro atoms. The number of nitrogens with one attached hydrogen (secondary N) is 2. The Balaban J connectivity index is 1.66. The molecule has 1 aromatic rings. The fourth-order valence-corrected chi connectivity index (χ4v) is 4.37. The zero-order valence-electron chi connectivity index (χ0n) is 12.2. The summed E-state index contributed by atoms with van der Waals surface area (Å²) in [5.74, 6) is 0. The molecule has 2 aliphatic rings. The Morgan fingerprint density at radius 3 is 2.75 bits per heavy atom. The molecule has 4 heteroatoms. The van der Waals surface area contributed by atoms with Crippen molar-refractivity contribution >= 4 is 11.8 Å². The normalized spacial score (nSPS) is 29.9. The van der Waals surface area contributed by atoms with Crippen LogP contribution in [0.25, 0.3) is 0 Å². The highest BCUT2D eigenvalue weighted by atomic mass is 32.2. The second-order valence-electron chi connectivity index (χ2n) is 6.08. The van der Waals surface area contributed by atoms with Crippen molar-refractivity contribution in [3.8, 4) is 0 Å². The maximum atomic E-state index is 11.4. The van der Waals surface area contributed by atoms with Crippen molar-refractivity contribution in [2.24, 2.45) is 0 Å². The molecule has 0 radical (unpaired) electrons. The fraction of sp³-hybridized carbons (Fsp3) is 0.688. The van der Waals surface area contributed by atoms with Crippen LogP contribution in [0.2, 0.25) is 0 Å². The summed E-state index contributed by atoms with van der Waals surface area (Å²) in [6, 6.07) is 4.79. The average molecular weight is 292 g/mol. The van der Waals surface area contributed by atoms with Crippen LogP contribution in [0.5, 0.6) is 0 Å². The van der Waals surface area contributed by atoms with Crippen molar-refractivity contribution in [2.45, 2.75) is 62.3 Å². The van der Waals surface area contributed by atoms with E-state index in [-0.39, 0.29) is 5.56 Å². The first-order chi connectivity index (χ1) is 9.76. The summed E-state index contributed by atoms with van der Waals surface area (Å²) in [5.41, 5.74) is 2.51. The quantitative estimate of drug-likeness (QED) is 0.900. The van der Waals surface area contributed by atoms with Crippen LogP contribution < -0.4 is 10.9 Å². The number of pyridine rings is 1. The standard InChI is InChI=1S/C16H24N2OS/c1-20-12-7-5-11(6-8-12)17-14-3-2-4-15-13(14)9-10-16(19)18-15/h9-12,14,17H,2-8H2,1H3,(H,18,19). The van der Waals surface area contributed by atoms with E-state index in [0.29, 0.717) is 12.1 Å². The van der Waals surface area contributed by atoms with Crippen LogP contribution in [0.3, 0.4) is 0 Å². The lowest BCUT2D eigenvalue weighted by Gasteiger charge is -2.34. The van der Waals surface area contributed by atoms with Crippen LogP contribution in [-0.2, 0) is 6.42 Å². The SMILES string of the molecule is CSC1CCC(NC2CCCc3[nH]c(=O)ccc32)CC1. The molecular weight excluding hydrogens is 268 g/mol. The lowest BCUT2D eigenvalue weighted by molar-refractivity contribution is 0.324. The number of H-pyrrole nitrogens is 1. The Bertz CT molecular complexity index is 505. The number of aromatic amines is 1. The van der Waals surface area contributed by atoms with Gasteiger partial charge in [-0.25, -0.2) is 0 Å². The van der Waals surface area contributed by atoms with E-state index in [1.54, 1.807) is 6.07 Å². The highest BCUT2D eigenvalue weighted by molar-refractivity contribution is 7.99. The van der Waals surface area contributed by atoms with E-state index < -0.39 is 0 Å². The van der Waals surface area contributed by atoms with Gasteiger partial charge in [0.2, 0.25) is 5.56 Å². The van der Waals surface area contributed by atoms with Gasteiger partial charge in [0.1, 0.15) is 0 Å². The Morgan fingerprint density at radius 2 is 2.00 bits per heavy atom. The van der Waals surface area contributed by atoms with E-state index in [1.165, 1.54) is 44.1 Å². The maximum Gasteiger partial charge on any atom is 0.248 e. The Kier molecular flexibility index (Phi) is 4.51. The van der Waals surface area contributed by atoms with Crippen LogP contribution in [0.4, 0.5) is 0 Å². The molecule has 1 saturated carbocycles. The van der Waals surface area contributed by atoms with Crippen molar-refractivity contribution in [3.05, 3.63) is 33.7 Å². The summed E-state index contributed by atoms with van der Waals surface area (Å²) < 4.78 is 0. The monoisotopic (exact) mass is 292 g/mol. The second-order valence-corrected chi connectivity index (χ2v) is 7.22. The van der Waals surface area contributed by atoms with Crippen molar-refractivity contribution in [1.29, 1.82) is 0 Å². The van der Waals surface area contributed by atoms with Gasteiger partial charge in [0.25, 0.3) is 0 Å². The molecule has 0 amide bonds. The minimum absolute atomic E-state index is 0.0323. The van der Waals surface area contributed by atoms with E-state index >= 15 is 0 Å². The minimum atomic E-state index is 0.0323. The molecule has 110 valence electrons. The Labute approximate surface area is 124 Å². The lowest BCUT2D eigenvalue weighted by Crippen LogP contribution is -2.38. The molecule has 3 rings (SSSR count). The summed E-state index contributed by atoms with van der Waals surface area (Å²) in [5, 5.41) is 4.71. The molecule has 20 heavy (non-hydrogen) atoms. The number of rotatable bonds is 3. The molecule has 1 fully saturated rings. The molecule has 0 saturated heterocycles. The van der Waals surface area contributed by atoms with E-state index in [9.17, 15) is 4.79 Å². The zero-order chi connectivity index (χ0) is 13.9. The predicted molar refractivity (Wildman–Crippen MR) is 85.4 cm³/mol. The number of fused-ring (bicyclic) bond motifs is 1. The van der Waals surface area contributed by atoms with Gasteiger partial charge in [-0.15, -0.1) is 0 Å². The number of hydrogen-bond acceptors (Lipinski definition) is 3. The third kappa shape index (κ3) is 3.12. The first-order valence-corrected chi connectivity index (χ1v) is 9.06. The molecule has 1 aromatic heterocycles. The molecule has 0 aliphatic heterocycles. The molecular formula is C16H24N2OS. The Hall–Kier alpha value is -0.740. The smallest absolute Gasteiger partial charge is 0.248 e. The summed E-state index contributed by atoms with van der Waals surface area (Å²) in [6.45, 7) is 0. The molecule has 1 heterocycles. The number of hydrogen-bond donors (Lipinski definition) is 2. The van der Waals surface area contributed by atoms with Crippen molar-refractivity contribution in [1.82, 2.24) is 10.3 Å². The summed E-state index contributed by atoms with van der Waals surface area (Å²) in [7, 11) is 0. The van der Waals surface area contributed by atoms with Crippen molar-refractivity contribution < 1.29 is 0 Å². The first kappa shape index (κ1) is 14.2. The molecule has 2 N–H and O–H groups in total. The molecule has 1 unspecified atom stereocenters. The molecule has 0 bridgehead atoms. The topological polar surface area (TPSA) is 44.9 Å². The third-order valence-corrected chi connectivity index (χ3v) is 5.91. The van der Waals surface area contributed by atoms with Crippen LogP contribution in [0.1, 0.15) is 55.8 Å². The van der Waals surface area contributed by atoms with Gasteiger partial charge >= 0.3 is 0 Å². The van der Waals surface area contributed by atoms with Crippen LogP contribution in [0, 0.1) is 0 Å². The highest BCUT2D eigenvalue weighted by Gasteiger charge is 2.26. The second kappa shape index (κ2) is 6.35. The van der Waals surface area contributed by atoms with Gasteiger partial charge in [-0.3, -0.25) is 4.79 Å². The van der Waals surface area contributed by atoms with E-state index in [2.05, 4.69) is 16.6 Å². The van der Waals surface area contributed by atoms with Gasteiger partial charge < -0.3 is 10.3 Å². The van der Waals surface area contributed by atoms with Crippen LogP contribution in [-0.4, -0.2) is 22.5 Å². The predicted octanol–water partition coefficient (Wildman–Crippen LogP) is 3.02. The van der Waals surface area contributed by atoms with Gasteiger partial charge in [-0.05, 0) is 56.8 Å². The molecule has 3 nitrogen and oxygen atoms in total. The minimum Gasteiger partial charge on any atom is -0.326 e. The number of aryl methyl sites for hydroxylation is 1. The summed E-state index contributed by atoms with van der Waals surface area (Å²) in [6.07, 6.45) is 10.9. The van der Waals surface area contributed by atoms with Crippen LogP contribution >= 0.6 is 11.8 Å². The average Bonchev–Trinajstić information content (AvgIpc) is 2.48. The number of thioether (sulfide) groups is 1. The Morgan fingerprint density at radius 1 is 1.20 bits per heavy atom. The van der Waals surface area contributed by atoms with E-state index in [1.807, 2.05) is 17.8 Å². The van der Waals surface area contributed by atoms with E-state index in [0.717, 1.165) is 17.4 Å². The van der Waals surface area contributed by atoms with Crippen molar-refractivity contribution in [2.75, 3.05) is 6.26 Å². The lowest BCUT2D eigenvalue weighted by atomic mass is 9.88. The van der Waals surface area contributed by atoms with Gasteiger partial charge in [0, 0.05) is 29.1 Å². The molecule has 2 aliphatic carbocycles.